The Morgan fingerprint density at radius 2 is 1.86 bits per heavy atom. The van der Waals surface area contributed by atoms with Crippen LogP contribution in [0.25, 0.3) is 6.08 Å². The molecule has 1 aliphatic rings. The van der Waals surface area contributed by atoms with Gasteiger partial charge in [0.05, 0.1) is 16.1 Å². The van der Waals surface area contributed by atoms with E-state index in [1.54, 1.807) is 0 Å². The van der Waals surface area contributed by atoms with Gasteiger partial charge in [-0.1, -0.05) is 59.6 Å². The molecule has 3 rings (SSSR count). The molecule has 5 heteroatoms. The number of fused-ring (bicyclic) bond motifs is 1. The maximum absolute atomic E-state index is 12.2. The van der Waals surface area contributed by atoms with Gasteiger partial charge in [-0.15, -0.1) is 0 Å². The summed E-state index contributed by atoms with van der Waals surface area (Å²) in [6.07, 6.45) is 2.53. The van der Waals surface area contributed by atoms with Crippen molar-refractivity contribution in [3.8, 4) is 0 Å². The van der Waals surface area contributed by atoms with Gasteiger partial charge in [-0.05, 0) is 68.5 Å². The zero-order valence-electron chi connectivity index (χ0n) is 16.6. The van der Waals surface area contributed by atoms with E-state index in [4.69, 9.17) is 27.9 Å². The Hall–Kier alpha value is -1.97. The third-order valence-electron chi connectivity index (χ3n) is 4.79. The van der Waals surface area contributed by atoms with Crippen LogP contribution in [0.15, 0.2) is 48.0 Å². The highest BCUT2D eigenvalue weighted by Crippen LogP contribution is 2.40. The van der Waals surface area contributed by atoms with Gasteiger partial charge in [0.1, 0.15) is 5.60 Å². The zero-order valence-corrected chi connectivity index (χ0v) is 18.1. The highest BCUT2D eigenvalue weighted by Gasteiger charge is 2.27. The fraction of sp³-hybridized carbons (Fsp3) is 0.348. The van der Waals surface area contributed by atoms with Crippen molar-refractivity contribution in [3.63, 3.8) is 0 Å². The van der Waals surface area contributed by atoms with E-state index in [2.05, 4.69) is 23.5 Å². The first-order valence-corrected chi connectivity index (χ1v) is 10.1. The Morgan fingerprint density at radius 1 is 1.14 bits per heavy atom. The van der Waals surface area contributed by atoms with Crippen LogP contribution in [0.4, 0.5) is 4.79 Å². The van der Waals surface area contributed by atoms with Crippen molar-refractivity contribution in [2.24, 2.45) is 0 Å². The molecule has 0 spiro atoms. The molecule has 0 aromatic heterocycles. The monoisotopic (exact) mass is 417 g/mol. The van der Waals surface area contributed by atoms with Crippen LogP contribution in [0.2, 0.25) is 10.0 Å². The summed E-state index contributed by atoms with van der Waals surface area (Å²) in [5.74, 6) is 0.147. The molecule has 2 atom stereocenters. The minimum Gasteiger partial charge on any atom is -0.444 e. The predicted octanol–water partition coefficient (Wildman–Crippen LogP) is 6.83. The lowest BCUT2D eigenvalue weighted by atomic mass is 9.77. The van der Waals surface area contributed by atoms with Crippen LogP contribution in [-0.4, -0.2) is 17.7 Å². The van der Waals surface area contributed by atoms with Crippen LogP contribution in [0, 0.1) is 0 Å². The molecule has 0 saturated carbocycles. The van der Waals surface area contributed by atoms with Gasteiger partial charge in [-0.3, -0.25) is 0 Å². The number of ether oxygens (including phenoxy) is 1. The Labute approximate surface area is 176 Å². The fourth-order valence-corrected chi connectivity index (χ4v) is 3.78. The largest absolute Gasteiger partial charge is 0.444 e. The SMILES string of the molecule is C[C@H](NC(=O)OC(C)(C)C)C1=Cc2ccccc2[C@H](c2ccc(Cl)c(Cl)c2)C1. The molecule has 2 aromatic rings. The summed E-state index contributed by atoms with van der Waals surface area (Å²) >= 11 is 12.4. The number of hydrogen-bond donors (Lipinski definition) is 1. The summed E-state index contributed by atoms with van der Waals surface area (Å²) < 4.78 is 5.40. The van der Waals surface area contributed by atoms with Gasteiger partial charge in [-0.2, -0.15) is 0 Å². The molecule has 1 N–H and O–H groups in total. The summed E-state index contributed by atoms with van der Waals surface area (Å²) in [6.45, 7) is 7.55. The van der Waals surface area contributed by atoms with Crippen molar-refractivity contribution in [1.82, 2.24) is 5.32 Å². The first kappa shape index (κ1) is 20.8. The number of nitrogens with one attached hydrogen (secondary N) is 1. The lowest BCUT2D eigenvalue weighted by Crippen LogP contribution is -2.39. The second kappa shape index (κ2) is 8.18. The molecule has 0 bridgehead atoms. The smallest absolute Gasteiger partial charge is 0.408 e. The minimum absolute atomic E-state index is 0.145. The average molecular weight is 418 g/mol. The number of alkyl carbamates (subject to hydrolysis) is 1. The first-order chi connectivity index (χ1) is 13.1. The molecule has 0 radical (unpaired) electrons. The topological polar surface area (TPSA) is 38.3 Å². The number of amides is 1. The quantitative estimate of drug-likeness (QED) is 0.594. The molecule has 0 saturated heterocycles. The number of hydrogen-bond acceptors (Lipinski definition) is 2. The van der Waals surface area contributed by atoms with E-state index in [0.29, 0.717) is 10.0 Å². The highest BCUT2D eigenvalue weighted by atomic mass is 35.5. The van der Waals surface area contributed by atoms with Gasteiger partial charge in [-0.25, -0.2) is 4.79 Å². The summed E-state index contributed by atoms with van der Waals surface area (Å²) in [4.78, 5) is 12.2. The Morgan fingerprint density at radius 3 is 2.54 bits per heavy atom. The summed E-state index contributed by atoms with van der Waals surface area (Å²) in [5.41, 5.74) is 4.12. The third kappa shape index (κ3) is 4.89. The maximum atomic E-state index is 12.2. The third-order valence-corrected chi connectivity index (χ3v) is 5.53. The molecule has 3 nitrogen and oxygen atoms in total. The van der Waals surface area contributed by atoms with E-state index in [-0.39, 0.29) is 12.0 Å². The van der Waals surface area contributed by atoms with Gasteiger partial charge in [0.2, 0.25) is 0 Å². The number of carbonyl (C=O) groups is 1. The van der Waals surface area contributed by atoms with Crippen LogP contribution in [0.3, 0.4) is 0 Å². The van der Waals surface area contributed by atoms with Crippen molar-refractivity contribution in [2.45, 2.75) is 51.7 Å². The van der Waals surface area contributed by atoms with Crippen LogP contribution < -0.4 is 5.32 Å². The maximum Gasteiger partial charge on any atom is 0.408 e. The first-order valence-electron chi connectivity index (χ1n) is 9.38. The van der Waals surface area contributed by atoms with Crippen LogP contribution >= 0.6 is 23.2 Å². The van der Waals surface area contributed by atoms with Crippen LogP contribution in [-0.2, 0) is 4.74 Å². The van der Waals surface area contributed by atoms with E-state index < -0.39 is 11.7 Å². The summed E-state index contributed by atoms with van der Waals surface area (Å²) in [6, 6.07) is 13.9. The van der Waals surface area contributed by atoms with Gasteiger partial charge in [0.15, 0.2) is 0 Å². The van der Waals surface area contributed by atoms with Crippen molar-refractivity contribution in [2.75, 3.05) is 0 Å². The standard InChI is InChI=1S/C23H25Cl2NO2/c1-14(26-22(27)28-23(2,3)4)17-11-15-7-5-6-8-18(15)19(12-17)16-9-10-20(24)21(25)13-16/h5-11,13-14,19H,12H2,1-4H3,(H,26,27)/t14-,19-/m0/s1. The fourth-order valence-electron chi connectivity index (χ4n) is 3.47. The molecule has 0 unspecified atom stereocenters. The zero-order chi connectivity index (χ0) is 20.5. The summed E-state index contributed by atoms with van der Waals surface area (Å²) in [5, 5.41) is 4.05. The number of benzene rings is 2. The van der Waals surface area contributed by atoms with Crippen LogP contribution in [0.1, 0.15) is 56.7 Å². The molecule has 1 aliphatic carbocycles. The molecule has 2 aromatic carbocycles. The van der Waals surface area contributed by atoms with E-state index in [1.165, 1.54) is 5.56 Å². The van der Waals surface area contributed by atoms with Crippen molar-refractivity contribution in [3.05, 3.63) is 74.8 Å². The minimum atomic E-state index is -0.528. The van der Waals surface area contributed by atoms with Crippen LogP contribution in [0.5, 0.6) is 0 Å². The number of rotatable bonds is 3. The lowest BCUT2D eigenvalue weighted by molar-refractivity contribution is 0.0515. The van der Waals surface area contributed by atoms with Crippen molar-refractivity contribution in [1.29, 1.82) is 0 Å². The van der Waals surface area contributed by atoms with Crippen molar-refractivity contribution >= 4 is 35.4 Å². The Balaban J connectivity index is 1.89. The van der Waals surface area contributed by atoms with E-state index in [9.17, 15) is 4.79 Å². The van der Waals surface area contributed by atoms with E-state index in [1.807, 2.05) is 58.0 Å². The van der Waals surface area contributed by atoms with Gasteiger partial charge >= 0.3 is 6.09 Å². The molecular weight excluding hydrogens is 393 g/mol. The Bertz CT molecular complexity index is 915. The normalized spacial score (nSPS) is 17.4. The highest BCUT2D eigenvalue weighted by molar-refractivity contribution is 6.42. The molecule has 0 aliphatic heterocycles. The predicted molar refractivity (Wildman–Crippen MR) is 116 cm³/mol. The molecule has 0 fully saturated rings. The molecule has 28 heavy (non-hydrogen) atoms. The van der Waals surface area contributed by atoms with Crippen molar-refractivity contribution < 1.29 is 9.53 Å². The molecule has 1 amide bonds. The molecule has 148 valence electrons. The van der Waals surface area contributed by atoms with Gasteiger partial charge in [0, 0.05) is 5.92 Å². The average Bonchev–Trinajstić information content (AvgIpc) is 2.61. The van der Waals surface area contributed by atoms with Gasteiger partial charge in [0.25, 0.3) is 0 Å². The Kier molecular flexibility index (Phi) is 6.07. The lowest BCUT2D eigenvalue weighted by Gasteiger charge is -2.30. The van der Waals surface area contributed by atoms with E-state index >= 15 is 0 Å². The summed E-state index contributed by atoms with van der Waals surface area (Å²) in [7, 11) is 0. The molecular formula is C23H25Cl2NO2. The number of halogens is 2. The number of carbonyl (C=O) groups excluding carboxylic acids is 1. The van der Waals surface area contributed by atoms with Gasteiger partial charge < -0.3 is 10.1 Å². The van der Waals surface area contributed by atoms with E-state index in [0.717, 1.165) is 23.1 Å². The second-order valence-electron chi connectivity index (χ2n) is 8.15. The second-order valence-corrected chi connectivity index (χ2v) is 8.96. The molecule has 0 heterocycles.